The number of methoxy groups -OCH3 is 1. The van der Waals surface area contributed by atoms with Crippen LogP contribution in [-0.2, 0) is 9.59 Å². The van der Waals surface area contributed by atoms with E-state index in [0.717, 1.165) is 16.0 Å². The third-order valence-electron chi connectivity index (χ3n) is 4.38. The predicted octanol–water partition coefficient (Wildman–Crippen LogP) is 2.99. The smallest absolute Gasteiger partial charge is 0.335 e. The number of benzene rings is 2. The second-order valence-corrected chi connectivity index (χ2v) is 6.71. The highest BCUT2D eigenvalue weighted by Gasteiger charge is 2.37. The molecule has 0 saturated carbocycles. The van der Waals surface area contributed by atoms with Crippen molar-refractivity contribution in [1.29, 1.82) is 0 Å². The molecule has 1 aliphatic heterocycles. The molecule has 30 heavy (non-hydrogen) atoms. The lowest BCUT2D eigenvalue weighted by Crippen LogP contribution is -2.54. The Balaban J connectivity index is 1.99. The number of aryl methyl sites for hydroxylation is 2. The van der Waals surface area contributed by atoms with E-state index in [1.807, 2.05) is 19.9 Å². The van der Waals surface area contributed by atoms with Gasteiger partial charge in [-0.3, -0.25) is 14.9 Å². The van der Waals surface area contributed by atoms with Gasteiger partial charge in [0.2, 0.25) is 0 Å². The van der Waals surface area contributed by atoms with Crippen molar-refractivity contribution < 1.29 is 23.9 Å². The minimum Gasteiger partial charge on any atom is -0.493 e. The number of barbiturate groups is 1. The average Bonchev–Trinajstić information content (AvgIpc) is 2.69. The number of nitrogens with zero attached hydrogens (tertiary/aromatic N) is 1. The van der Waals surface area contributed by atoms with Gasteiger partial charge in [-0.1, -0.05) is 18.1 Å². The van der Waals surface area contributed by atoms with Gasteiger partial charge in [-0.15, -0.1) is 6.42 Å². The van der Waals surface area contributed by atoms with Crippen LogP contribution in [0.4, 0.5) is 10.5 Å². The highest BCUT2D eigenvalue weighted by Crippen LogP contribution is 2.30. The Bertz CT molecular complexity index is 1090. The minimum absolute atomic E-state index is 0.0741. The van der Waals surface area contributed by atoms with Crippen LogP contribution in [0.15, 0.2) is 42.0 Å². The Labute approximate surface area is 174 Å². The van der Waals surface area contributed by atoms with E-state index in [2.05, 4.69) is 11.2 Å². The van der Waals surface area contributed by atoms with Gasteiger partial charge < -0.3 is 9.47 Å². The molecule has 3 rings (SSSR count). The van der Waals surface area contributed by atoms with Gasteiger partial charge in [-0.2, -0.15) is 0 Å². The van der Waals surface area contributed by atoms with Crippen molar-refractivity contribution in [1.82, 2.24) is 5.32 Å². The lowest BCUT2D eigenvalue weighted by atomic mass is 10.0. The molecule has 0 atom stereocenters. The summed E-state index contributed by atoms with van der Waals surface area (Å²) in [5.41, 5.74) is 2.52. The maximum absolute atomic E-state index is 13.0. The predicted molar refractivity (Wildman–Crippen MR) is 112 cm³/mol. The van der Waals surface area contributed by atoms with E-state index < -0.39 is 17.8 Å². The Kier molecular flexibility index (Phi) is 5.88. The van der Waals surface area contributed by atoms with Crippen LogP contribution in [0.2, 0.25) is 0 Å². The first kappa shape index (κ1) is 20.7. The van der Waals surface area contributed by atoms with Crippen LogP contribution in [0.5, 0.6) is 11.5 Å². The fourth-order valence-electron chi connectivity index (χ4n) is 3.15. The monoisotopic (exact) mass is 404 g/mol. The van der Waals surface area contributed by atoms with Crippen LogP contribution in [0.3, 0.4) is 0 Å². The summed E-state index contributed by atoms with van der Waals surface area (Å²) in [6, 6.07) is 9.44. The summed E-state index contributed by atoms with van der Waals surface area (Å²) in [7, 11) is 1.47. The molecule has 0 aromatic heterocycles. The molecular formula is C23H20N2O5. The topological polar surface area (TPSA) is 84.9 Å². The number of hydrogen-bond acceptors (Lipinski definition) is 5. The Morgan fingerprint density at radius 2 is 1.77 bits per heavy atom. The van der Waals surface area contributed by atoms with E-state index in [-0.39, 0.29) is 12.2 Å². The van der Waals surface area contributed by atoms with Crippen molar-refractivity contribution in [2.45, 2.75) is 13.8 Å². The fourth-order valence-corrected chi connectivity index (χ4v) is 3.15. The van der Waals surface area contributed by atoms with Crippen LogP contribution in [-0.4, -0.2) is 31.6 Å². The van der Waals surface area contributed by atoms with Crippen molar-refractivity contribution in [2.75, 3.05) is 18.6 Å². The summed E-state index contributed by atoms with van der Waals surface area (Å²) in [6.45, 7) is 3.80. The first-order valence-corrected chi connectivity index (χ1v) is 9.08. The van der Waals surface area contributed by atoms with Gasteiger partial charge in [0, 0.05) is 0 Å². The number of carbonyl (C=O) groups is 3. The Hall–Kier alpha value is -4.05. The summed E-state index contributed by atoms with van der Waals surface area (Å²) in [4.78, 5) is 38.7. The number of urea groups is 1. The molecule has 1 aliphatic rings. The number of ether oxygens (including phenoxy) is 2. The number of rotatable bonds is 5. The molecule has 0 spiro atoms. The van der Waals surface area contributed by atoms with E-state index in [4.69, 9.17) is 15.9 Å². The Morgan fingerprint density at radius 1 is 1.07 bits per heavy atom. The highest BCUT2D eigenvalue weighted by atomic mass is 16.5. The normalized spacial score (nSPS) is 15.1. The number of carbonyl (C=O) groups excluding carboxylic acids is 3. The molecule has 2 aromatic rings. The molecule has 4 amide bonds. The van der Waals surface area contributed by atoms with Gasteiger partial charge in [0.25, 0.3) is 11.8 Å². The molecule has 1 fully saturated rings. The molecule has 7 nitrogen and oxygen atoms in total. The Morgan fingerprint density at radius 3 is 2.40 bits per heavy atom. The number of terminal acetylenes is 1. The van der Waals surface area contributed by atoms with Crippen LogP contribution >= 0.6 is 0 Å². The first-order chi connectivity index (χ1) is 14.3. The van der Waals surface area contributed by atoms with Gasteiger partial charge >= 0.3 is 6.03 Å². The third kappa shape index (κ3) is 4.18. The van der Waals surface area contributed by atoms with Gasteiger partial charge in [0.05, 0.1) is 12.8 Å². The van der Waals surface area contributed by atoms with Gasteiger partial charge in [0.1, 0.15) is 12.2 Å². The molecular weight excluding hydrogens is 384 g/mol. The zero-order valence-electron chi connectivity index (χ0n) is 16.8. The lowest BCUT2D eigenvalue weighted by Gasteiger charge is -2.27. The van der Waals surface area contributed by atoms with Crippen LogP contribution < -0.4 is 19.7 Å². The number of imide groups is 2. The van der Waals surface area contributed by atoms with Gasteiger partial charge in [-0.25, -0.2) is 9.69 Å². The molecule has 0 unspecified atom stereocenters. The van der Waals surface area contributed by atoms with Crippen molar-refractivity contribution in [3.63, 3.8) is 0 Å². The molecule has 0 aliphatic carbocycles. The van der Waals surface area contributed by atoms with Crippen molar-refractivity contribution in [2.24, 2.45) is 0 Å². The first-order valence-electron chi connectivity index (χ1n) is 9.08. The lowest BCUT2D eigenvalue weighted by molar-refractivity contribution is -0.122. The second-order valence-electron chi connectivity index (χ2n) is 6.71. The third-order valence-corrected chi connectivity index (χ3v) is 4.38. The molecule has 2 aromatic carbocycles. The summed E-state index contributed by atoms with van der Waals surface area (Å²) in [5.74, 6) is 1.72. The highest BCUT2D eigenvalue weighted by molar-refractivity contribution is 6.39. The molecule has 1 N–H and O–H groups in total. The molecule has 0 bridgehead atoms. The number of nitrogens with one attached hydrogen (secondary N) is 1. The van der Waals surface area contributed by atoms with E-state index in [0.29, 0.717) is 22.7 Å². The summed E-state index contributed by atoms with van der Waals surface area (Å²) < 4.78 is 10.7. The maximum atomic E-state index is 13.0. The SMILES string of the molecule is C#CCOc1ccc(/C=C2\C(=O)NC(=O)N(c3cc(C)cc(C)c3)C2=O)cc1OC. The van der Waals surface area contributed by atoms with Crippen LogP contribution in [0.25, 0.3) is 6.08 Å². The molecule has 152 valence electrons. The maximum Gasteiger partial charge on any atom is 0.335 e. The van der Waals surface area contributed by atoms with Crippen LogP contribution in [0, 0.1) is 26.2 Å². The number of anilines is 1. The average molecular weight is 404 g/mol. The molecule has 7 heteroatoms. The van der Waals surface area contributed by atoms with E-state index in [1.165, 1.54) is 13.2 Å². The van der Waals surface area contributed by atoms with Crippen molar-refractivity contribution >= 4 is 29.6 Å². The fraction of sp³-hybridized carbons (Fsp3) is 0.174. The van der Waals surface area contributed by atoms with E-state index >= 15 is 0 Å². The number of amides is 4. The molecule has 0 radical (unpaired) electrons. The van der Waals surface area contributed by atoms with Crippen molar-refractivity contribution in [3.05, 3.63) is 58.7 Å². The summed E-state index contributed by atoms with van der Waals surface area (Å²) in [6.07, 6.45) is 6.60. The van der Waals surface area contributed by atoms with Gasteiger partial charge in [0.15, 0.2) is 11.5 Å². The largest absolute Gasteiger partial charge is 0.493 e. The van der Waals surface area contributed by atoms with Crippen LogP contribution in [0.1, 0.15) is 16.7 Å². The molecule has 1 heterocycles. The summed E-state index contributed by atoms with van der Waals surface area (Å²) in [5, 5.41) is 2.22. The zero-order valence-corrected chi connectivity index (χ0v) is 16.8. The molecule has 1 saturated heterocycles. The van der Waals surface area contributed by atoms with Crippen molar-refractivity contribution in [3.8, 4) is 23.8 Å². The van der Waals surface area contributed by atoms with E-state index in [1.54, 1.807) is 30.3 Å². The zero-order chi connectivity index (χ0) is 21.8. The summed E-state index contributed by atoms with van der Waals surface area (Å²) >= 11 is 0. The van der Waals surface area contributed by atoms with E-state index in [9.17, 15) is 14.4 Å². The second kappa shape index (κ2) is 8.53. The standard InChI is InChI=1S/C23H20N2O5/c1-5-8-30-19-7-6-16(13-20(19)29-4)12-18-21(26)24-23(28)25(22(18)27)17-10-14(2)9-15(3)11-17/h1,6-7,9-13H,8H2,2-4H3,(H,24,26,28)/b18-12+. The quantitative estimate of drug-likeness (QED) is 0.471. The number of hydrogen-bond donors (Lipinski definition) is 1. The van der Waals surface area contributed by atoms with Gasteiger partial charge in [-0.05, 0) is 60.9 Å². The minimum atomic E-state index is -0.789.